The molecule has 1 saturated carbocycles. The molecule has 4 heteroatoms. The van der Waals surface area contributed by atoms with Crippen molar-refractivity contribution < 1.29 is 4.74 Å². The molecule has 0 amide bonds. The lowest BCUT2D eigenvalue weighted by atomic mass is 10.1. The fourth-order valence-electron chi connectivity index (χ4n) is 2.13. The highest BCUT2D eigenvalue weighted by atomic mass is 16.5. The minimum absolute atomic E-state index is 0.358. The van der Waals surface area contributed by atoms with Crippen LogP contribution in [-0.4, -0.2) is 23.1 Å². The predicted octanol–water partition coefficient (Wildman–Crippen LogP) is 3.60. The second-order valence-electron chi connectivity index (χ2n) is 5.60. The zero-order valence-electron chi connectivity index (χ0n) is 12.3. The van der Waals surface area contributed by atoms with Gasteiger partial charge in [-0.3, -0.25) is 0 Å². The maximum atomic E-state index is 5.88. The maximum Gasteiger partial charge on any atom is 0.222 e. The van der Waals surface area contributed by atoms with Gasteiger partial charge in [0.15, 0.2) is 0 Å². The molecule has 0 unspecified atom stereocenters. The Bertz CT molecular complexity index is 402. The van der Waals surface area contributed by atoms with Crippen LogP contribution in [0.2, 0.25) is 0 Å². The zero-order chi connectivity index (χ0) is 13.7. The van der Waals surface area contributed by atoms with Gasteiger partial charge < -0.3 is 10.1 Å². The van der Waals surface area contributed by atoms with Crippen molar-refractivity contribution in [1.82, 2.24) is 9.97 Å². The molecule has 1 aromatic heterocycles. The Morgan fingerprint density at radius 2 is 2.16 bits per heavy atom. The first kappa shape index (κ1) is 14.1. The molecule has 4 nitrogen and oxygen atoms in total. The van der Waals surface area contributed by atoms with Crippen LogP contribution < -0.4 is 10.1 Å². The number of ether oxygens (including phenoxy) is 1. The largest absolute Gasteiger partial charge is 0.477 e. The molecule has 2 rings (SSSR count). The van der Waals surface area contributed by atoms with Gasteiger partial charge in [0.1, 0.15) is 12.1 Å². The Hall–Kier alpha value is -1.32. The van der Waals surface area contributed by atoms with E-state index in [4.69, 9.17) is 4.74 Å². The van der Waals surface area contributed by atoms with Gasteiger partial charge >= 0.3 is 0 Å². The van der Waals surface area contributed by atoms with Crippen LogP contribution in [0, 0.1) is 5.92 Å². The Labute approximate surface area is 116 Å². The predicted molar refractivity (Wildman–Crippen MR) is 77.7 cm³/mol. The van der Waals surface area contributed by atoms with E-state index < -0.39 is 0 Å². The van der Waals surface area contributed by atoms with Gasteiger partial charge in [-0.25, -0.2) is 9.97 Å². The summed E-state index contributed by atoms with van der Waals surface area (Å²) in [6.07, 6.45) is 6.57. The average Bonchev–Trinajstić information content (AvgIpc) is 3.20. The summed E-state index contributed by atoms with van der Waals surface area (Å²) in [7, 11) is 0. The van der Waals surface area contributed by atoms with Crippen molar-refractivity contribution in [2.24, 2.45) is 5.92 Å². The second kappa shape index (κ2) is 6.73. The van der Waals surface area contributed by atoms with E-state index in [-0.39, 0.29) is 0 Å². The highest BCUT2D eigenvalue weighted by Gasteiger charge is 2.22. The topological polar surface area (TPSA) is 47.0 Å². The minimum atomic E-state index is 0.358. The summed E-state index contributed by atoms with van der Waals surface area (Å²) in [6, 6.07) is 0. The molecule has 0 radical (unpaired) electrons. The number of nitrogens with zero attached hydrogens (tertiary/aromatic N) is 2. The lowest BCUT2D eigenvalue weighted by Gasteiger charge is -2.16. The lowest BCUT2D eigenvalue weighted by molar-refractivity contribution is 0.286. The number of nitrogens with one attached hydrogen (secondary N) is 1. The van der Waals surface area contributed by atoms with Crippen LogP contribution in [0.15, 0.2) is 6.33 Å². The van der Waals surface area contributed by atoms with Gasteiger partial charge in [-0.2, -0.15) is 0 Å². The number of aromatic nitrogens is 2. The van der Waals surface area contributed by atoms with Crippen LogP contribution >= 0.6 is 0 Å². The summed E-state index contributed by atoms with van der Waals surface area (Å²) in [5, 5.41) is 3.37. The summed E-state index contributed by atoms with van der Waals surface area (Å²) in [5.74, 6) is 2.93. The third-order valence-corrected chi connectivity index (χ3v) is 3.43. The third-order valence-electron chi connectivity index (χ3n) is 3.43. The zero-order valence-corrected chi connectivity index (χ0v) is 12.3. The van der Waals surface area contributed by atoms with Crippen molar-refractivity contribution in [2.45, 2.75) is 52.4 Å². The fourth-order valence-corrected chi connectivity index (χ4v) is 2.13. The molecule has 19 heavy (non-hydrogen) atoms. The molecular weight excluding hydrogens is 238 g/mol. The summed E-state index contributed by atoms with van der Waals surface area (Å²) in [5.41, 5.74) is 1.10. The van der Waals surface area contributed by atoms with Crippen LogP contribution in [0.4, 0.5) is 5.82 Å². The number of anilines is 1. The van der Waals surface area contributed by atoms with Gasteiger partial charge in [-0.1, -0.05) is 33.6 Å². The van der Waals surface area contributed by atoms with E-state index in [1.165, 1.54) is 12.8 Å². The Morgan fingerprint density at radius 1 is 1.37 bits per heavy atom. The molecule has 0 spiro atoms. The molecular formula is C15H25N3O. The standard InChI is InChI=1S/C15H25N3O/c1-4-8-16-14-13(11(2)3)15(18-10-17-14)19-9-7-12-5-6-12/h10-12H,4-9H2,1-3H3,(H,16,17,18). The Morgan fingerprint density at radius 3 is 2.79 bits per heavy atom. The van der Waals surface area contributed by atoms with Crippen LogP contribution in [-0.2, 0) is 0 Å². The quantitative estimate of drug-likeness (QED) is 0.778. The second-order valence-corrected chi connectivity index (χ2v) is 5.60. The molecule has 106 valence electrons. The molecule has 0 atom stereocenters. The van der Waals surface area contributed by atoms with Crippen molar-refractivity contribution in [1.29, 1.82) is 0 Å². The molecule has 1 aliphatic rings. The van der Waals surface area contributed by atoms with Crippen molar-refractivity contribution >= 4 is 5.82 Å². The Kier molecular flexibility index (Phi) is 5.00. The van der Waals surface area contributed by atoms with Crippen LogP contribution in [0.1, 0.15) is 57.9 Å². The van der Waals surface area contributed by atoms with E-state index in [0.29, 0.717) is 5.92 Å². The van der Waals surface area contributed by atoms with Gasteiger partial charge in [0.25, 0.3) is 0 Å². The molecule has 0 aromatic carbocycles. The molecule has 0 saturated heterocycles. The van der Waals surface area contributed by atoms with Gasteiger partial charge in [0, 0.05) is 6.54 Å². The average molecular weight is 263 g/mol. The molecule has 1 fully saturated rings. The highest BCUT2D eigenvalue weighted by Crippen LogP contribution is 2.33. The van der Waals surface area contributed by atoms with Crippen molar-refractivity contribution in [3.05, 3.63) is 11.9 Å². The van der Waals surface area contributed by atoms with Gasteiger partial charge in [-0.05, 0) is 24.7 Å². The SMILES string of the molecule is CCCNc1ncnc(OCCC2CC2)c1C(C)C. The Balaban J connectivity index is 2.05. The number of hydrogen-bond donors (Lipinski definition) is 1. The molecule has 1 heterocycles. The van der Waals surface area contributed by atoms with Crippen LogP contribution in [0.25, 0.3) is 0 Å². The highest BCUT2D eigenvalue weighted by molar-refractivity contribution is 5.50. The van der Waals surface area contributed by atoms with Gasteiger partial charge in [-0.15, -0.1) is 0 Å². The first-order chi connectivity index (χ1) is 9.22. The normalized spacial score (nSPS) is 14.7. The van der Waals surface area contributed by atoms with Crippen LogP contribution in [0.3, 0.4) is 0 Å². The molecule has 1 N–H and O–H groups in total. The van der Waals surface area contributed by atoms with Crippen molar-refractivity contribution in [3.63, 3.8) is 0 Å². The molecule has 0 aliphatic heterocycles. The summed E-state index contributed by atoms with van der Waals surface area (Å²) >= 11 is 0. The van der Waals surface area contributed by atoms with E-state index in [0.717, 1.165) is 49.2 Å². The number of hydrogen-bond acceptors (Lipinski definition) is 4. The summed E-state index contributed by atoms with van der Waals surface area (Å²) in [6.45, 7) is 8.16. The first-order valence-electron chi connectivity index (χ1n) is 7.44. The molecule has 1 aromatic rings. The van der Waals surface area contributed by atoms with Gasteiger partial charge in [0.2, 0.25) is 5.88 Å². The van der Waals surface area contributed by atoms with Gasteiger partial charge in [0.05, 0.1) is 12.2 Å². The van der Waals surface area contributed by atoms with E-state index >= 15 is 0 Å². The van der Waals surface area contributed by atoms with E-state index in [2.05, 4.69) is 36.1 Å². The maximum absolute atomic E-state index is 5.88. The van der Waals surface area contributed by atoms with Crippen LogP contribution in [0.5, 0.6) is 5.88 Å². The monoisotopic (exact) mass is 263 g/mol. The summed E-state index contributed by atoms with van der Waals surface area (Å²) < 4.78 is 5.88. The van der Waals surface area contributed by atoms with Crippen molar-refractivity contribution in [2.75, 3.05) is 18.5 Å². The van der Waals surface area contributed by atoms with E-state index in [1.54, 1.807) is 6.33 Å². The number of rotatable bonds is 8. The molecule has 1 aliphatic carbocycles. The third kappa shape index (κ3) is 4.08. The van der Waals surface area contributed by atoms with Crippen molar-refractivity contribution in [3.8, 4) is 5.88 Å². The fraction of sp³-hybridized carbons (Fsp3) is 0.733. The smallest absolute Gasteiger partial charge is 0.222 e. The summed E-state index contributed by atoms with van der Waals surface area (Å²) in [4.78, 5) is 8.66. The molecule has 0 bridgehead atoms. The minimum Gasteiger partial charge on any atom is -0.477 e. The van der Waals surface area contributed by atoms with E-state index in [9.17, 15) is 0 Å². The van der Waals surface area contributed by atoms with E-state index in [1.807, 2.05) is 0 Å². The first-order valence-corrected chi connectivity index (χ1v) is 7.44. The lowest BCUT2D eigenvalue weighted by Crippen LogP contribution is -2.10.